The first-order valence-electron chi connectivity index (χ1n) is 9.70. The Balaban J connectivity index is 1.89. The first-order chi connectivity index (χ1) is 14.7. The predicted octanol–water partition coefficient (Wildman–Crippen LogP) is 3.10. The van der Waals surface area contributed by atoms with E-state index in [9.17, 15) is 19.2 Å². The third kappa shape index (κ3) is 4.58. The van der Waals surface area contributed by atoms with Gasteiger partial charge in [-0.15, -0.1) is 0 Å². The minimum Gasteiger partial charge on any atom is -0.465 e. The molecule has 1 heterocycles. The number of benzene rings is 2. The zero-order valence-electron chi connectivity index (χ0n) is 17.7. The first-order valence-corrected chi connectivity index (χ1v) is 9.70. The van der Waals surface area contributed by atoms with Crippen LogP contribution < -0.4 is 5.32 Å². The summed E-state index contributed by atoms with van der Waals surface area (Å²) in [6.07, 6.45) is -0.896. The van der Waals surface area contributed by atoms with Crippen LogP contribution >= 0.6 is 0 Å². The number of hydrogen-bond donors (Lipinski definition) is 1. The van der Waals surface area contributed by atoms with Crippen LogP contribution in [0.5, 0.6) is 0 Å². The molecule has 1 unspecified atom stereocenters. The molecule has 0 bridgehead atoms. The zero-order chi connectivity index (χ0) is 22.7. The quantitative estimate of drug-likeness (QED) is 0.579. The number of esters is 3. The number of hydrogen-bond acceptors (Lipinski definition) is 7. The first kappa shape index (κ1) is 22.0. The molecule has 1 N–H and O–H groups in total. The summed E-state index contributed by atoms with van der Waals surface area (Å²) in [6, 6.07) is 9.52. The largest absolute Gasteiger partial charge is 0.465 e. The summed E-state index contributed by atoms with van der Waals surface area (Å²) in [6.45, 7) is 4.07. The van der Waals surface area contributed by atoms with Crippen molar-refractivity contribution >= 4 is 29.5 Å². The van der Waals surface area contributed by atoms with E-state index in [0.717, 1.165) is 11.1 Å². The lowest BCUT2D eigenvalue weighted by molar-refractivity contribution is -0.125. The Bertz CT molecular complexity index is 1060. The average Bonchev–Trinajstić information content (AvgIpc) is 2.77. The van der Waals surface area contributed by atoms with E-state index in [1.807, 2.05) is 26.0 Å². The second kappa shape index (κ2) is 8.99. The highest BCUT2D eigenvalue weighted by Crippen LogP contribution is 2.27. The number of nitrogens with one attached hydrogen (secondary N) is 1. The molecular formula is C23H23NO7. The van der Waals surface area contributed by atoms with Crippen molar-refractivity contribution in [2.45, 2.75) is 32.3 Å². The van der Waals surface area contributed by atoms with Gasteiger partial charge in [0.15, 0.2) is 6.10 Å². The second-order valence-electron chi connectivity index (χ2n) is 7.40. The summed E-state index contributed by atoms with van der Waals surface area (Å²) in [7, 11) is 2.42. The molecule has 8 heteroatoms. The zero-order valence-corrected chi connectivity index (χ0v) is 17.7. The van der Waals surface area contributed by atoms with E-state index in [4.69, 9.17) is 9.47 Å². The Morgan fingerprint density at radius 2 is 1.74 bits per heavy atom. The monoisotopic (exact) mass is 425 g/mol. The second-order valence-corrected chi connectivity index (χ2v) is 7.40. The molecule has 1 atom stereocenters. The number of carbonyl (C=O) groups excluding carboxylic acids is 4. The minimum atomic E-state index is -1.09. The normalized spacial score (nSPS) is 15.0. The van der Waals surface area contributed by atoms with E-state index in [0.29, 0.717) is 5.56 Å². The molecule has 1 aliphatic rings. The molecule has 0 radical (unpaired) electrons. The van der Waals surface area contributed by atoms with Crippen molar-refractivity contribution in [1.29, 1.82) is 0 Å². The van der Waals surface area contributed by atoms with Crippen LogP contribution in [0.1, 0.15) is 62.0 Å². The molecule has 8 nitrogen and oxygen atoms in total. The van der Waals surface area contributed by atoms with Gasteiger partial charge >= 0.3 is 17.9 Å². The Morgan fingerprint density at radius 3 is 2.39 bits per heavy atom. The highest BCUT2D eigenvalue weighted by Gasteiger charge is 2.32. The van der Waals surface area contributed by atoms with Gasteiger partial charge in [0.1, 0.15) is 0 Å². The van der Waals surface area contributed by atoms with Crippen LogP contribution in [-0.2, 0) is 25.4 Å². The van der Waals surface area contributed by atoms with Gasteiger partial charge in [0.2, 0.25) is 0 Å². The SMILES string of the molecule is COC(=O)c1ccc(C(=O)OC)c(NC(=O)C2Cc3cc(C(C)C)ccc3C(=O)O2)c1. The summed E-state index contributed by atoms with van der Waals surface area (Å²) < 4.78 is 14.7. The van der Waals surface area contributed by atoms with E-state index < -0.39 is 29.9 Å². The van der Waals surface area contributed by atoms with Gasteiger partial charge in [0.05, 0.1) is 36.6 Å². The number of amides is 1. The summed E-state index contributed by atoms with van der Waals surface area (Å²) in [5.74, 6) is -2.28. The van der Waals surface area contributed by atoms with Crippen molar-refractivity contribution in [3.05, 3.63) is 64.2 Å². The van der Waals surface area contributed by atoms with Gasteiger partial charge in [-0.2, -0.15) is 0 Å². The van der Waals surface area contributed by atoms with Crippen LogP contribution in [0.25, 0.3) is 0 Å². The van der Waals surface area contributed by atoms with Gasteiger partial charge < -0.3 is 19.5 Å². The topological polar surface area (TPSA) is 108 Å². The van der Waals surface area contributed by atoms with E-state index in [-0.39, 0.29) is 29.2 Å². The van der Waals surface area contributed by atoms with E-state index in [1.165, 1.54) is 32.4 Å². The summed E-state index contributed by atoms with van der Waals surface area (Å²) in [5.41, 5.74) is 2.44. The van der Waals surface area contributed by atoms with Gasteiger partial charge in [-0.1, -0.05) is 26.0 Å². The van der Waals surface area contributed by atoms with Gasteiger partial charge in [0.25, 0.3) is 5.91 Å². The van der Waals surface area contributed by atoms with E-state index in [2.05, 4.69) is 10.1 Å². The summed E-state index contributed by atoms with van der Waals surface area (Å²) in [4.78, 5) is 49.2. The molecule has 0 saturated heterocycles. The number of anilines is 1. The molecule has 3 rings (SSSR count). The highest BCUT2D eigenvalue weighted by molar-refractivity contribution is 6.05. The van der Waals surface area contributed by atoms with Crippen LogP contribution in [0, 0.1) is 0 Å². The number of fused-ring (bicyclic) bond motifs is 1. The van der Waals surface area contributed by atoms with Gasteiger partial charge in [-0.3, -0.25) is 4.79 Å². The van der Waals surface area contributed by atoms with Crippen molar-refractivity contribution < 1.29 is 33.4 Å². The smallest absolute Gasteiger partial charge is 0.339 e. The molecule has 0 fully saturated rings. The number of ether oxygens (including phenoxy) is 3. The maximum Gasteiger partial charge on any atom is 0.339 e. The molecule has 2 aromatic carbocycles. The fraction of sp³-hybridized carbons (Fsp3) is 0.304. The Morgan fingerprint density at radius 1 is 1.03 bits per heavy atom. The number of methoxy groups -OCH3 is 2. The molecular weight excluding hydrogens is 402 g/mol. The van der Waals surface area contributed by atoms with E-state index in [1.54, 1.807) is 6.07 Å². The number of carbonyl (C=O) groups is 4. The van der Waals surface area contributed by atoms with Crippen LogP contribution in [0.4, 0.5) is 5.69 Å². The highest BCUT2D eigenvalue weighted by atomic mass is 16.5. The molecule has 1 amide bonds. The molecule has 0 aromatic heterocycles. The van der Waals surface area contributed by atoms with Crippen LogP contribution in [0.15, 0.2) is 36.4 Å². The minimum absolute atomic E-state index is 0.0492. The molecule has 0 saturated carbocycles. The molecule has 0 spiro atoms. The lowest BCUT2D eigenvalue weighted by Crippen LogP contribution is -2.38. The maximum absolute atomic E-state index is 12.9. The molecule has 1 aliphatic heterocycles. The maximum atomic E-state index is 12.9. The molecule has 31 heavy (non-hydrogen) atoms. The van der Waals surface area contributed by atoms with Crippen LogP contribution in [0.2, 0.25) is 0 Å². The van der Waals surface area contributed by atoms with Crippen molar-refractivity contribution in [2.24, 2.45) is 0 Å². The van der Waals surface area contributed by atoms with Gasteiger partial charge in [-0.25, -0.2) is 14.4 Å². The summed E-state index contributed by atoms with van der Waals surface area (Å²) in [5, 5.41) is 2.58. The van der Waals surface area contributed by atoms with Crippen molar-refractivity contribution in [2.75, 3.05) is 19.5 Å². The van der Waals surface area contributed by atoms with Crippen LogP contribution in [0.3, 0.4) is 0 Å². The third-order valence-corrected chi connectivity index (χ3v) is 5.07. The fourth-order valence-electron chi connectivity index (χ4n) is 3.31. The lowest BCUT2D eigenvalue weighted by atomic mass is 9.92. The van der Waals surface area contributed by atoms with Crippen molar-refractivity contribution in [3.8, 4) is 0 Å². The Kier molecular flexibility index (Phi) is 6.39. The standard InChI is InChI=1S/C23H23NO7/c1-12(2)13-5-7-16-15(9-13)11-19(31-23(16)28)20(25)24-18-10-14(21(26)29-3)6-8-17(18)22(27)30-4/h5-10,12,19H,11H2,1-4H3,(H,24,25). The van der Waals surface area contributed by atoms with Gasteiger partial charge in [0, 0.05) is 6.42 Å². The third-order valence-electron chi connectivity index (χ3n) is 5.07. The Hall–Kier alpha value is -3.68. The van der Waals surface area contributed by atoms with Gasteiger partial charge in [-0.05, 0) is 41.3 Å². The molecule has 162 valence electrons. The molecule has 2 aromatic rings. The summed E-state index contributed by atoms with van der Waals surface area (Å²) >= 11 is 0. The molecule has 0 aliphatic carbocycles. The Labute approximate surface area is 179 Å². The lowest BCUT2D eigenvalue weighted by Gasteiger charge is -2.25. The average molecular weight is 425 g/mol. The fourth-order valence-corrected chi connectivity index (χ4v) is 3.31. The number of cyclic esters (lactones) is 1. The van der Waals surface area contributed by atoms with Crippen molar-refractivity contribution in [3.63, 3.8) is 0 Å². The van der Waals surface area contributed by atoms with Crippen molar-refractivity contribution in [1.82, 2.24) is 0 Å². The van der Waals surface area contributed by atoms with Crippen LogP contribution in [-0.4, -0.2) is 44.1 Å². The predicted molar refractivity (Wildman–Crippen MR) is 111 cm³/mol. The number of rotatable bonds is 5. The van der Waals surface area contributed by atoms with E-state index >= 15 is 0 Å².